The number of aryl methyl sites for hydroxylation is 1. The molecular weight excluding hydrogens is 398 g/mol. The van der Waals surface area contributed by atoms with E-state index in [0.29, 0.717) is 70.2 Å². The van der Waals surface area contributed by atoms with E-state index in [0.717, 1.165) is 0 Å². The molecule has 2 fully saturated rings. The van der Waals surface area contributed by atoms with E-state index in [1.807, 2.05) is 0 Å². The van der Waals surface area contributed by atoms with Crippen LogP contribution in [0.2, 0.25) is 0 Å². The number of carbonyl (C=O) groups excluding carboxylic acids is 2. The van der Waals surface area contributed by atoms with Gasteiger partial charge < -0.3 is 19.3 Å². The number of nitrogens with zero attached hydrogens (tertiary/aromatic N) is 3. The van der Waals surface area contributed by atoms with Crippen LogP contribution in [-0.4, -0.2) is 93.6 Å². The van der Waals surface area contributed by atoms with Crippen LogP contribution in [0.5, 0.6) is 0 Å². The van der Waals surface area contributed by atoms with E-state index in [1.165, 1.54) is 16.4 Å². The van der Waals surface area contributed by atoms with Crippen LogP contribution in [-0.2, 0) is 19.5 Å². The predicted molar refractivity (Wildman–Crippen MR) is 105 cm³/mol. The second kappa shape index (κ2) is 9.10. The SMILES string of the molecule is CCOC(=O)N1CCN(C(=O)c2cc(S(=O)(=O)N3CCOCC3)ccc2C)CC1. The molecule has 0 spiro atoms. The molecule has 0 saturated carbocycles. The Balaban J connectivity index is 1.75. The Morgan fingerprint density at radius 1 is 1.03 bits per heavy atom. The van der Waals surface area contributed by atoms with Crippen molar-refractivity contribution in [2.75, 3.05) is 59.1 Å². The van der Waals surface area contributed by atoms with Crippen molar-refractivity contribution in [1.29, 1.82) is 0 Å². The van der Waals surface area contributed by atoms with Gasteiger partial charge in [-0.15, -0.1) is 0 Å². The number of benzene rings is 1. The third kappa shape index (κ3) is 4.71. The number of hydrogen-bond donors (Lipinski definition) is 0. The molecule has 9 nitrogen and oxygen atoms in total. The lowest BCUT2D eigenvalue weighted by molar-refractivity contribution is 0.0569. The van der Waals surface area contributed by atoms with Gasteiger partial charge >= 0.3 is 6.09 Å². The molecule has 1 aromatic carbocycles. The van der Waals surface area contributed by atoms with Crippen LogP contribution in [0, 0.1) is 6.92 Å². The van der Waals surface area contributed by atoms with E-state index >= 15 is 0 Å². The standard InChI is InChI=1S/C19H27N3O6S/c1-3-28-19(24)21-8-6-20(7-9-21)18(23)17-14-16(5-4-15(17)2)29(25,26)22-10-12-27-13-11-22/h4-5,14H,3,6-13H2,1-2H3. The van der Waals surface area contributed by atoms with Gasteiger partial charge in [-0.25, -0.2) is 13.2 Å². The maximum Gasteiger partial charge on any atom is 0.409 e. The molecule has 0 bridgehead atoms. The van der Waals surface area contributed by atoms with Gasteiger partial charge in [-0.3, -0.25) is 4.79 Å². The molecule has 2 aliphatic heterocycles. The van der Waals surface area contributed by atoms with Crippen LogP contribution in [0.15, 0.2) is 23.1 Å². The lowest BCUT2D eigenvalue weighted by Crippen LogP contribution is -2.50. The van der Waals surface area contributed by atoms with Gasteiger partial charge in [0.2, 0.25) is 10.0 Å². The number of morpholine rings is 1. The van der Waals surface area contributed by atoms with Gasteiger partial charge in [0.05, 0.1) is 24.7 Å². The lowest BCUT2D eigenvalue weighted by Gasteiger charge is -2.34. The molecule has 0 N–H and O–H groups in total. The normalized spacial score (nSPS) is 18.6. The van der Waals surface area contributed by atoms with Gasteiger partial charge in [0.1, 0.15) is 0 Å². The lowest BCUT2D eigenvalue weighted by atomic mass is 10.1. The third-order valence-corrected chi connectivity index (χ3v) is 7.03. The predicted octanol–water partition coefficient (Wildman–Crippen LogP) is 0.930. The second-order valence-corrected chi connectivity index (χ2v) is 8.91. The Hall–Kier alpha value is -2.17. The maximum atomic E-state index is 13.0. The number of piperazine rings is 1. The quantitative estimate of drug-likeness (QED) is 0.712. The first-order chi connectivity index (χ1) is 13.8. The summed E-state index contributed by atoms with van der Waals surface area (Å²) in [5.74, 6) is -0.231. The zero-order valence-corrected chi connectivity index (χ0v) is 17.6. The highest BCUT2D eigenvalue weighted by atomic mass is 32.2. The van der Waals surface area contributed by atoms with E-state index in [4.69, 9.17) is 9.47 Å². The van der Waals surface area contributed by atoms with Crippen molar-refractivity contribution in [2.24, 2.45) is 0 Å². The Morgan fingerprint density at radius 3 is 2.28 bits per heavy atom. The average Bonchev–Trinajstić information content (AvgIpc) is 2.74. The fourth-order valence-corrected chi connectivity index (χ4v) is 4.84. The Bertz CT molecular complexity index is 859. The van der Waals surface area contributed by atoms with E-state index in [9.17, 15) is 18.0 Å². The van der Waals surface area contributed by atoms with Crippen molar-refractivity contribution < 1.29 is 27.5 Å². The molecule has 3 rings (SSSR count). The highest BCUT2D eigenvalue weighted by Gasteiger charge is 2.30. The number of rotatable bonds is 4. The molecule has 10 heteroatoms. The van der Waals surface area contributed by atoms with Crippen molar-refractivity contribution in [3.63, 3.8) is 0 Å². The van der Waals surface area contributed by atoms with Crippen molar-refractivity contribution >= 4 is 22.0 Å². The molecule has 0 aromatic heterocycles. The van der Waals surface area contributed by atoms with E-state index in [-0.39, 0.29) is 16.9 Å². The van der Waals surface area contributed by atoms with E-state index < -0.39 is 10.0 Å². The number of ether oxygens (including phenoxy) is 2. The molecule has 0 atom stereocenters. The van der Waals surface area contributed by atoms with Crippen molar-refractivity contribution in [3.05, 3.63) is 29.3 Å². The van der Waals surface area contributed by atoms with Crippen molar-refractivity contribution in [3.8, 4) is 0 Å². The number of amides is 2. The molecular formula is C19H27N3O6S. The van der Waals surface area contributed by atoms with Crippen molar-refractivity contribution in [2.45, 2.75) is 18.7 Å². The van der Waals surface area contributed by atoms with Gasteiger partial charge in [0.25, 0.3) is 5.91 Å². The number of hydrogen-bond acceptors (Lipinski definition) is 6. The minimum absolute atomic E-state index is 0.110. The summed E-state index contributed by atoms with van der Waals surface area (Å²) in [4.78, 5) is 28.2. The topological polar surface area (TPSA) is 96.5 Å². The summed E-state index contributed by atoms with van der Waals surface area (Å²) in [6.07, 6.45) is -0.380. The zero-order chi connectivity index (χ0) is 21.0. The summed E-state index contributed by atoms with van der Waals surface area (Å²) in [5, 5.41) is 0. The summed E-state index contributed by atoms with van der Waals surface area (Å²) in [6, 6.07) is 4.66. The first-order valence-electron chi connectivity index (χ1n) is 9.74. The number of sulfonamides is 1. The summed E-state index contributed by atoms with van der Waals surface area (Å²) in [5.41, 5.74) is 1.08. The van der Waals surface area contributed by atoms with Crippen molar-refractivity contribution in [1.82, 2.24) is 14.1 Å². The summed E-state index contributed by atoms with van der Waals surface area (Å²) in [6.45, 7) is 6.68. The van der Waals surface area contributed by atoms with Gasteiger partial charge in [-0.2, -0.15) is 4.31 Å². The molecule has 2 saturated heterocycles. The molecule has 0 radical (unpaired) electrons. The molecule has 2 aliphatic rings. The Morgan fingerprint density at radius 2 is 1.66 bits per heavy atom. The van der Waals surface area contributed by atoms with Crippen LogP contribution in [0.1, 0.15) is 22.8 Å². The minimum Gasteiger partial charge on any atom is -0.450 e. The smallest absolute Gasteiger partial charge is 0.409 e. The Labute approximate surface area is 171 Å². The molecule has 2 amide bonds. The molecule has 0 aliphatic carbocycles. The van der Waals surface area contributed by atoms with E-state index in [1.54, 1.807) is 29.7 Å². The Kier molecular flexibility index (Phi) is 6.76. The third-order valence-electron chi connectivity index (χ3n) is 5.14. The van der Waals surface area contributed by atoms with E-state index in [2.05, 4.69) is 0 Å². The highest BCUT2D eigenvalue weighted by molar-refractivity contribution is 7.89. The molecule has 1 aromatic rings. The van der Waals surface area contributed by atoms with Crippen LogP contribution < -0.4 is 0 Å². The zero-order valence-electron chi connectivity index (χ0n) is 16.8. The number of carbonyl (C=O) groups is 2. The summed E-state index contributed by atoms with van der Waals surface area (Å²) in [7, 11) is -3.68. The summed E-state index contributed by atoms with van der Waals surface area (Å²) < 4.78 is 37.4. The average molecular weight is 426 g/mol. The first kappa shape index (κ1) is 21.5. The van der Waals surface area contributed by atoms with Crippen LogP contribution in [0.4, 0.5) is 4.79 Å². The largest absolute Gasteiger partial charge is 0.450 e. The van der Waals surface area contributed by atoms with Gasteiger partial charge in [-0.1, -0.05) is 6.07 Å². The minimum atomic E-state index is -3.68. The maximum absolute atomic E-state index is 13.0. The molecule has 0 unspecified atom stereocenters. The second-order valence-electron chi connectivity index (χ2n) is 6.97. The van der Waals surface area contributed by atoms with Crippen LogP contribution in [0.25, 0.3) is 0 Å². The molecule has 2 heterocycles. The van der Waals surface area contributed by atoms with Crippen LogP contribution >= 0.6 is 0 Å². The van der Waals surface area contributed by atoms with Crippen LogP contribution in [0.3, 0.4) is 0 Å². The monoisotopic (exact) mass is 425 g/mol. The van der Waals surface area contributed by atoms with Gasteiger partial charge in [-0.05, 0) is 31.5 Å². The van der Waals surface area contributed by atoms with Gasteiger partial charge in [0.15, 0.2) is 0 Å². The fourth-order valence-electron chi connectivity index (χ4n) is 3.41. The molecule has 29 heavy (non-hydrogen) atoms. The summed E-state index contributed by atoms with van der Waals surface area (Å²) >= 11 is 0. The molecule has 160 valence electrons. The fraction of sp³-hybridized carbons (Fsp3) is 0.579. The highest BCUT2D eigenvalue weighted by Crippen LogP contribution is 2.22. The first-order valence-corrected chi connectivity index (χ1v) is 11.2. The van der Waals surface area contributed by atoms with Gasteiger partial charge in [0, 0.05) is 44.8 Å².